The van der Waals surface area contributed by atoms with Crippen LogP contribution in [0.4, 0.5) is 0 Å². The molecule has 1 fully saturated rings. The van der Waals surface area contributed by atoms with Crippen molar-refractivity contribution in [3.05, 3.63) is 12.2 Å². The van der Waals surface area contributed by atoms with Crippen LogP contribution < -0.4 is 10.5 Å². The van der Waals surface area contributed by atoms with Crippen LogP contribution in [0.2, 0.25) is 0 Å². The van der Waals surface area contributed by atoms with Crippen LogP contribution in [-0.2, 0) is 0 Å². The first-order valence-corrected chi connectivity index (χ1v) is 5.19. The molecule has 2 nitrogen and oxygen atoms in total. The fourth-order valence-electron chi connectivity index (χ4n) is 1.91. The summed E-state index contributed by atoms with van der Waals surface area (Å²) in [7, 11) is 5.49. The van der Waals surface area contributed by atoms with Gasteiger partial charge in [-0.3, -0.25) is 0 Å². The lowest BCUT2D eigenvalue weighted by Gasteiger charge is -2.32. The summed E-state index contributed by atoms with van der Waals surface area (Å²) in [6.45, 7) is 3.00. The highest BCUT2D eigenvalue weighted by atomic mass is 15.0. The molecule has 0 unspecified atom stereocenters. The lowest BCUT2D eigenvalue weighted by molar-refractivity contribution is 0.321. The van der Waals surface area contributed by atoms with Gasteiger partial charge in [-0.25, -0.2) is 0 Å². The lowest BCUT2D eigenvalue weighted by Crippen LogP contribution is -2.49. The minimum absolute atomic E-state index is 0.457. The Bertz CT molecular complexity index is 159. The normalized spacial score (nSPS) is 29.6. The van der Waals surface area contributed by atoms with Gasteiger partial charge >= 0.3 is 0 Å². The first kappa shape index (κ1) is 10.8. The van der Waals surface area contributed by atoms with E-state index in [0.29, 0.717) is 12.1 Å². The van der Waals surface area contributed by atoms with Crippen molar-refractivity contribution in [2.75, 3.05) is 6.54 Å². The van der Waals surface area contributed by atoms with Gasteiger partial charge in [-0.05, 0) is 19.8 Å². The van der Waals surface area contributed by atoms with Gasteiger partial charge in [0.15, 0.2) is 7.98 Å². The van der Waals surface area contributed by atoms with E-state index in [9.17, 15) is 0 Å². The zero-order valence-corrected chi connectivity index (χ0v) is 8.42. The van der Waals surface area contributed by atoms with Crippen molar-refractivity contribution in [1.82, 2.24) is 10.5 Å². The van der Waals surface area contributed by atoms with Crippen LogP contribution in [0.1, 0.15) is 32.6 Å². The van der Waals surface area contributed by atoms with Gasteiger partial charge in [-0.1, -0.05) is 25.0 Å². The van der Waals surface area contributed by atoms with Gasteiger partial charge in [0, 0.05) is 18.6 Å². The van der Waals surface area contributed by atoms with E-state index in [-0.39, 0.29) is 0 Å². The second kappa shape index (κ2) is 6.22. The molecule has 1 rings (SSSR count). The van der Waals surface area contributed by atoms with Crippen LogP contribution in [-0.4, -0.2) is 26.6 Å². The molecule has 2 N–H and O–H groups in total. The van der Waals surface area contributed by atoms with E-state index >= 15 is 0 Å². The Morgan fingerprint density at radius 2 is 2.00 bits per heavy atom. The third-order valence-corrected chi connectivity index (χ3v) is 2.71. The predicted molar refractivity (Wildman–Crippen MR) is 57.8 cm³/mol. The van der Waals surface area contributed by atoms with Crippen molar-refractivity contribution >= 4 is 7.98 Å². The van der Waals surface area contributed by atoms with Crippen molar-refractivity contribution in [3.63, 3.8) is 0 Å². The molecule has 0 aromatic carbocycles. The Hall–Kier alpha value is -0.275. The van der Waals surface area contributed by atoms with E-state index in [4.69, 9.17) is 7.98 Å². The lowest BCUT2D eigenvalue weighted by atomic mass is 9.89. The minimum Gasteiger partial charge on any atom is -0.362 e. The molecule has 3 heteroatoms. The summed E-state index contributed by atoms with van der Waals surface area (Å²) in [5.74, 6) is 0. The van der Waals surface area contributed by atoms with Crippen LogP contribution in [0.3, 0.4) is 0 Å². The van der Waals surface area contributed by atoms with Crippen molar-refractivity contribution in [3.8, 4) is 0 Å². The van der Waals surface area contributed by atoms with Crippen LogP contribution in [0.5, 0.6) is 0 Å². The van der Waals surface area contributed by atoms with Crippen LogP contribution in [0.15, 0.2) is 12.2 Å². The zero-order valence-electron chi connectivity index (χ0n) is 8.42. The molecule has 0 saturated heterocycles. The molecule has 2 atom stereocenters. The molecule has 2 radical (unpaired) electrons. The molecule has 0 heterocycles. The van der Waals surface area contributed by atoms with E-state index in [1.165, 1.54) is 25.7 Å². The molecular formula is C10H19BN2. The quantitative estimate of drug-likeness (QED) is 0.498. The van der Waals surface area contributed by atoms with Crippen LogP contribution >= 0.6 is 0 Å². The topological polar surface area (TPSA) is 24.1 Å². The van der Waals surface area contributed by atoms with Crippen molar-refractivity contribution in [2.24, 2.45) is 0 Å². The van der Waals surface area contributed by atoms with Gasteiger partial charge < -0.3 is 10.5 Å². The predicted octanol–water partition coefficient (Wildman–Crippen LogP) is 1.14. The van der Waals surface area contributed by atoms with Crippen LogP contribution in [0.25, 0.3) is 0 Å². The fraction of sp³-hybridized carbons (Fsp3) is 0.800. The Balaban J connectivity index is 2.27. The number of nitrogens with one attached hydrogen (secondary N) is 2. The second-order valence-electron chi connectivity index (χ2n) is 3.64. The third kappa shape index (κ3) is 3.53. The second-order valence-corrected chi connectivity index (χ2v) is 3.64. The molecule has 0 amide bonds. The molecule has 72 valence electrons. The number of allylic oxidation sites excluding steroid dienone is 1. The number of hydrogen-bond donors (Lipinski definition) is 2. The molecule has 0 spiro atoms. The van der Waals surface area contributed by atoms with Crippen molar-refractivity contribution in [1.29, 1.82) is 0 Å². The average molecular weight is 178 g/mol. The van der Waals surface area contributed by atoms with Gasteiger partial charge in [-0.15, -0.1) is 0 Å². The maximum absolute atomic E-state index is 5.49. The molecule has 1 saturated carbocycles. The Kier molecular flexibility index (Phi) is 5.17. The highest BCUT2D eigenvalue weighted by Gasteiger charge is 2.21. The van der Waals surface area contributed by atoms with Gasteiger partial charge in [0.25, 0.3) is 0 Å². The zero-order chi connectivity index (χ0) is 9.52. The van der Waals surface area contributed by atoms with Gasteiger partial charge in [0.2, 0.25) is 0 Å². The molecular weight excluding hydrogens is 159 g/mol. The smallest absolute Gasteiger partial charge is 0.178 e. The monoisotopic (exact) mass is 178 g/mol. The van der Waals surface area contributed by atoms with Gasteiger partial charge in [-0.2, -0.15) is 0 Å². The van der Waals surface area contributed by atoms with E-state index in [2.05, 4.69) is 22.7 Å². The average Bonchev–Trinajstić information content (AvgIpc) is 2.19. The molecule has 0 bridgehead atoms. The standard InChI is InChI=1S/C10H19BN2/c1-2-3-8-12-9-6-4-5-7-10(9)13-11/h2-3,9-10,12-13H,4-8H2,1H3/t9-,10-/m1/s1. The molecule has 1 aliphatic carbocycles. The minimum atomic E-state index is 0.457. The summed E-state index contributed by atoms with van der Waals surface area (Å²) >= 11 is 0. The van der Waals surface area contributed by atoms with E-state index in [0.717, 1.165) is 6.54 Å². The Morgan fingerprint density at radius 1 is 1.31 bits per heavy atom. The van der Waals surface area contributed by atoms with E-state index in [1.807, 2.05) is 6.92 Å². The molecule has 0 aliphatic heterocycles. The summed E-state index contributed by atoms with van der Waals surface area (Å²) in [5.41, 5.74) is 0. The molecule has 1 aliphatic rings. The SMILES string of the molecule is [B]N[C@@H]1CCCC[C@H]1NCC=CC. The first-order chi connectivity index (χ1) is 6.38. The molecule has 0 aromatic heterocycles. The first-order valence-electron chi connectivity index (χ1n) is 5.19. The van der Waals surface area contributed by atoms with Gasteiger partial charge in [0.05, 0.1) is 0 Å². The number of hydrogen-bond acceptors (Lipinski definition) is 2. The third-order valence-electron chi connectivity index (χ3n) is 2.71. The van der Waals surface area contributed by atoms with Crippen molar-refractivity contribution < 1.29 is 0 Å². The summed E-state index contributed by atoms with van der Waals surface area (Å²) in [4.78, 5) is 0. The summed E-state index contributed by atoms with van der Waals surface area (Å²) in [6, 6.07) is 1.01. The van der Waals surface area contributed by atoms with Gasteiger partial charge in [0.1, 0.15) is 0 Å². The van der Waals surface area contributed by atoms with E-state index < -0.39 is 0 Å². The summed E-state index contributed by atoms with van der Waals surface area (Å²) in [6.07, 6.45) is 9.28. The fourth-order valence-corrected chi connectivity index (χ4v) is 1.91. The highest BCUT2D eigenvalue weighted by molar-refractivity contribution is 6.04. The maximum atomic E-state index is 5.49. The molecule has 13 heavy (non-hydrogen) atoms. The maximum Gasteiger partial charge on any atom is 0.178 e. The summed E-state index contributed by atoms with van der Waals surface area (Å²) in [5, 5.41) is 6.39. The Labute approximate surface area is 82.6 Å². The van der Waals surface area contributed by atoms with Crippen LogP contribution in [0, 0.1) is 0 Å². The summed E-state index contributed by atoms with van der Waals surface area (Å²) < 4.78 is 0. The largest absolute Gasteiger partial charge is 0.362 e. The van der Waals surface area contributed by atoms with Crippen molar-refractivity contribution in [2.45, 2.75) is 44.7 Å². The van der Waals surface area contributed by atoms with E-state index in [1.54, 1.807) is 0 Å². The number of rotatable bonds is 4. The Morgan fingerprint density at radius 3 is 2.62 bits per heavy atom. The molecule has 0 aromatic rings. The highest BCUT2D eigenvalue weighted by Crippen LogP contribution is 2.17.